The molecule has 1 aromatic rings. The molecule has 0 N–H and O–H groups in total. The summed E-state index contributed by atoms with van der Waals surface area (Å²) in [6.45, 7) is 2.10. The van der Waals surface area contributed by atoms with Crippen molar-refractivity contribution >= 4 is 5.97 Å². The summed E-state index contributed by atoms with van der Waals surface area (Å²) in [6.07, 6.45) is 1.41. The third kappa shape index (κ3) is 1.17. The highest BCUT2D eigenvalue weighted by Crippen LogP contribution is 2.49. The largest absolute Gasteiger partial charge is 0.496 e. The number of hydrogen-bond acceptors (Lipinski definition) is 3. The van der Waals surface area contributed by atoms with E-state index < -0.39 is 0 Å². The number of fused-ring (bicyclic) bond motifs is 3. The van der Waals surface area contributed by atoms with Gasteiger partial charge in [-0.25, -0.2) is 0 Å². The number of rotatable bonds is 1. The van der Waals surface area contributed by atoms with E-state index in [0.29, 0.717) is 12.3 Å². The Morgan fingerprint density at radius 3 is 2.94 bits per heavy atom. The van der Waals surface area contributed by atoms with Crippen LogP contribution in [0.3, 0.4) is 0 Å². The molecule has 2 unspecified atom stereocenters. The minimum Gasteiger partial charge on any atom is -0.496 e. The van der Waals surface area contributed by atoms with Crippen molar-refractivity contribution in [1.82, 2.24) is 0 Å². The Kier molecular flexibility index (Phi) is 1.96. The first kappa shape index (κ1) is 9.70. The van der Waals surface area contributed by atoms with Gasteiger partial charge in [-0.05, 0) is 30.5 Å². The van der Waals surface area contributed by atoms with Gasteiger partial charge in [0.15, 0.2) is 0 Å². The summed E-state index contributed by atoms with van der Waals surface area (Å²) in [5, 5.41) is 0. The second-order valence-corrected chi connectivity index (χ2v) is 4.56. The van der Waals surface area contributed by atoms with Gasteiger partial charge in [-0.3, -0.25) is 4.79 Å². The predicted molar refractivity (Wildman–Crippen MR) is 58.4 cm³/mol. The topological polar surface area (TPSA) is 35.5 Å². The molecule has 3 heteroatoms. The van der Waals surface area contributed by atoms with Crippen LogP contribution in [-0.2, 0) is 16.0 Å². The highest BCUT2D eigenvalue weighted by atomic mass is 16.6. The minimum absolute atomic E-state index is 0.0719. The minimum atomic E-state index is -0.0794. The van der Waals surface area contributed by atoms with E-state index in [1.54, 1.807) is 7.11 Å². The summed E-state index contributed by atoms with van der Waals surface area (Å²) in [7, 11) is 1.66. The average Bonchev–Trinajstić information content (AvgIpc) is 2.76. The normalized spacial score (nSPS) is 26.2. The van der Waals surface area contributed by atoms with Crippen molar-refractivity contribution in [2.24, 2.45) is 5.92 Å². The molecule has 1 heterocycles. The Morgan fingerprint density at radius 1 is 1.38 bits per heavy atom. The first-order chi connectivity index (χ1) is 7.70. The molecule has 2 aliphatic rings. The molecule has 1 aliphatic carbocycles. The lowest BCUT2D eigenvalue weighted by atomic mass is 10.0. The molecule has 1 aromatic carbocycles. The molecular formula is C13H14O3. The lowest BCUT2D eigenvalue weighted by Crippen LogP contribution is -2.02. The van der Waals surface area contributed by atoms with E-state index in [-0.39, 0.29) is 12.1 Å². The van der Waals surface area contributed by atoms with Crippen molar-refractivity contribution in [3.05, 3.63) is 28.8 Å². The number of carbonyl (C=O) groups is 1. The Bertz CT molecular complexity index is 464. The van der Waals surface area contributed by atoms with Gasteiger partial charge >= 0.3 is 5.97 Å². The number of hydrogen-bond donors (Lipinski definition) is 0. The van der Waals surface area contributed by atoms with E-state index in [1.807, 2.05) is 6.07 Å². The van der Waals surface area contributed by atoms with E-state index in [4.69, 9.17) is 9.47 Å². The number of esters is 1. The van der Waals surface area contributed by atoms with Gasteiger partial charge < -0.3 is 9.47 Å². The molecule has 3 nitrogen and oxygen atoms in total. The molecule has 16 heavy (non-hydrogen) atoms. The average molecular weight is 218 g/mol. The number of ether oxygens (including phenoxy) is 2. The van der Waals surface area contributed by atoms with Crippen molar-refractivity contribution < 1.29 is 14.3 Å². The van der Waals surface area contributed by atoms with Crippen LogP contribution in [0.25, 0.3) is 0 Å². The zero-order valence-corrected chi connectivity index (χ0v) is 9.45. The van der Waals surface area contributed by atoms with Crippen molar-refractivity contribution in [3.8, 4) is 5.75 Å². The molecule has 2 atom stereocenters. The SMILES string of the molecule is COc1ccc(C)c2c1C1OC(=O)CC1C2. The molecular weight excluding hydrogens is 204 g/mol. The van der Waals surface area contributed by atoms with Gasteiger partial charge in [-0.2, -0.15) is 0 Å². The maximum Gasteiger partial charge on any atom is 0.306 e. The second-order valence-electron chi connectivity index (χ2n) is 4.56. The van der Waals surface area contributed by atoms with Crippen LogP contribution in [0.4, 0.5) is 0 Å². The van der Waals surface area contributed by atoms with Crippen molar-refractivity contribution in [2.45, 2.75) is 25.9 Å². The van der Waals surface area contributed by atoms with Crippen LogP contribution in [0.2, 0.25) is 0 Å². The Morgan fingerprint density at radius 2 is 2.19 bits per heavy atom. The van der Waals surface area contributed by atoms with Crippen molar-refractivity contribution in [3.63, 3.8) is 0 Å². The van der Waals surface area contributed by atoms with E-state index >= 15 is 0 Å². The van der Waals surface area contributed by atoms with Gasteiger partial charge in [0.1, 0.15) is 11.9 Å². The van der Waals surface area contributed by atoms with Gasteiger partial charge in [-0.15, -0.1) is 0 Å². The first-order valence-corrected chi connectivity index (χ1v) is 5.56. The third-order valence-corrected chi connectivity index (χ3v) is 3.64. The molecule has 0 amide bonds. The summed E-state index contributed by atoms with van der Waals surface area (Å²) in [4.78, 5) is 11.3. The Labute approximate surface area is 94.4 Å². The van der Waals surface area contributed by atoms with Crippen LogP contribution in [0.5, 0.6) is 5.75 Å². The van der Waals surface area contributed by atoms with Gasteiger partial charge in [0.2, 0.25) is 0 Å². The van der Waals surface area contributed by atoms with Crippen molar-refractivity contribution in [1.29, 1.82) is 0 Å². The predicted octanol–water partition coefficient (Wildman–Crippen LogP) is 2.16. The summed E-state index contributed by atoms with van der Waals surface area (Å²) < 4.78 is 10.8. The van der Waals surface area contributed by atoms with Crippen molar-refractivity contribution in [2.75, 3.05) is 7.11 Å². The van der Waals surface area contributed by atoms with E-state index in [1.165, 1.54) is 11.1 Å². The molecule has 84 valence electrons. The zero-order chi connectivity index (χ0) is 11.3. The monoisotopic (exact) mass is 218 g/mol. The highest BCUT2D eigenvalue weighted by Gasteiger charge is 2.44. The summed E-state index contributed by atoms with van der Waals surface area (Å²) >= 11 is 0. The van der Waals surface area contributed by atoms with Crippen LogP contribution in [-0.4, -0.2) is 13.1 Å². The molecule has 0 aromatic heterocycles. The molecule has 0 radical (unpaired) electrons. The molecule has 1 saturated heterocycles. The second kappa shape index (κ2) is 3.24. The fourth-order valence-corrected chi connectivity index (χ4v) is 2.86. The van der Waals surface area contributed by atoms with E-state index in [0.717, 1.165) is 17.7 Å². The van der Waals surface area contributed by atoms with Crippen LogP contribution in [0.15, 0.2) is 12.1 Å². The van der Waals surface area contributed by atoms with Crippen LogP contribution < -0.4 is 4.74 Å². The Hall–Kier alpha value is -1.51. The number of methoxy groups -OCH3 is 1. The van der Waals surface area contributed by atoms with Crippen LogP contribution in [0, 0.1) is 12.8 Å². The van der Waals surface area contributed by atoms with Gasteiger partial charge in [0, 0.05) is 11.5 Å². The summed E-state index contributed by atoms with van der Waals surface area (Å²) in [5.74, 6) is 1.09. The molecule has 1 fully saturated rings. The molecule has 0 bridgehead atoms. The van der Waals surface area contributed by atoms with Gasteiger partial charge in [0.25, 0.3) is 0 Å². The lowest BCUT2D eigenvalue weighted by molar-refractivity contribution is -0.141. The molecule has 3 rings (SSSR count). The number of carbonyl (C=O) groups excluding carboxylic acids is 1. The number of aryl methyl sites for hydroxylation is 1. The van der Waals surface area contributed by atoms with Gasteiger partial charge in [0.05, 0.1) is 13.5 Å². The highest BCUT2D eigenvalue weighted by molar-refractivity contribution is 5.74. The summed E-state index contributed by atoms with van der Waals surface area (Å²) in [6, 6.07) is 4.03. The first-order valence-electron chi connectivity index (χ1n) is 5.56. The number of benzene rings is 1. The van der Waals surface area contributed by atoms with E-state index in [2.05, 4.69) is 13.0 Å². The lowest BCUT2D eigenvalue weighted by Gasteiger charge is -2.14. The Balaban J connectivity index is 2.14. The zero-order valence-electron chi connectivity index (χ0n) is 9.45. The van der Waals surface area contributed by atoms with Crippen LogP contribution in [0.1, 0.15) is 29.2 Å². The summed E-state index contributed by atoms with van der Waals surface area (Å²) in [5.41, 5.74) is 3.67. The maximum absolute atomic E-state index is 11.3. The third-order valence-electron chi connectivity index (χ3n) is 3.64. The van der Waals surface area contributed by atoms with Gasteiger partial charge in [-0.1, -0.05) is 6.07 Å². The van der Waals surface area contributed by atoms with E-state index in [9.17, 15) is 4.79 Å². The fraction of sp³-hybridized carbons (Fsp3) is 0.462. The fourth-order valence-electron chi connectivity index (χ4n) is 2.86. The molecule has 0 spiro atoms. The molecule has 1 aliphatic heterocycles. The standard InChI is InChI=1S/C13H14O3/c1-7-3-4-10(15-2)12-9(7)5-8-6-11(14)16-13(8)12/h3-4,8,13H,5-6H2,1-2H3. The van der Waals surface area contributed by atoms with Crippen LogP contribution >= 0.6 is 0 Å². The smallest absolute Gasteiger partial charge is 0.306 e. The maximum atomic E-state index is 11.3. The molecule has 0 saturated carbocycles. The quantitative estimate of drug-likeness (QED) is 0.678.